The number of halogens is 3. The normalized spacial score (nSPS) is 13.8. The molecule has 1 aliphatic rings. The van der Waals surface area contributed by atoms with E-state index in [9.17, 15) is 10.1 Å². The molecule has 0 spiro atoms. The van der Waals surface area contributed by atoms with Gasteiger partial charge in [0.15, 0.2) is 11.5 Å². The molecule has 224 valence electrons. The zero-order valence-electron chi connectivity index (χ0n) is 23.5. The van der Waals surface area contributed by atoms with Gasteiger partial charge in [-0.2, -0.15) is 5.26 Å². The van der Waals surface area contributed by atoms with Gasteiger partial charge in [0.2, 0.25) is 5.88 Å². The van der Waals surface area contributed by atoms with Crippen LogP contribution in [0.4, 0.5) is 0 Å². The van der Waals surface area contributed by atoms with Gasteiger partial charge in [-0.3, -0.25) is 0 Å². The SMILES string of the molecule is CCOc1cc(C2C(C#N)=C(N)Oc3cc(OC(=O)c4ccc(OC)c(Cl)c4)ccc32)ccc1OCc1ccc(Cl)cc1Cl. The van der Waals surface area contributed by atoms with Crippen LogP contribution in [0.2, 0.25) is 15.1 Å². The van der Waals surface area contributed by atoms with Crippen LogP contribution < -0.4 is 29.4 Å². The Morgan fingerprint density at radius 3 is 2.43 bits per heavy atom. The van der Waals surface area contributed by atoms with Gasteiger partial charge in [0.05, 0.1) is 30.2 Å². The molecule has 0 bridgehead atoms. The molecule has 4 aromatic rings. The maximum absolute atomic E-state index is 12.8. The largest absolute Gasteiger partial charge is 0.495 e. The third kappa shape index (κ3) is 6.51. The van der Waals surface area contributed by atoms with Crippen molar-refractivity contribution < 1.29 is 28.5 Å². The number of nitriles is 1. The average Bonchev–Trinajstić information content (AvgIpc) is 3.00. The van der Waals surface area contributed by atoms with Crippen molar-refractivity contribution in [2.75, 3.05) is 13.7 Å². The predicted molar refractivity (Wildman–Crippen MR) is 167 cm³/mol. The first-order chi connectivity index (χ1) is 21.2. The molecule has 5 rings (SSSR count). The van der Waals surface area contributed by atoms with Crippen molar-refractivity contribution in [1.29, 1.82) is 5.26 Å². The Labute approximate surface area is 269 Å². The zero-order chi connectivity index (χ0) is 31.4. The number of hydrogen-bond acceptors (Lipinski definition) is 8. The van der Waals surface area contributed by atoms with Crippen molar-refractivity contribution in [3.05, 3.63) is 122 Å². The Kier molecular flexibility index (Phi) is 9.40. The molecule has 1 atom stereocenters. The van der Waals surface area contributed by atoms with E-state index in [4.69, 9.17) is 64.2 Å². The van der Waals surface area contributed by atoms with E-state index < -0.39 is 11.9 Å². The second kappa shape index (κ2) is 13.4. The van der Waals surface area contributed by atoms with Crippen LogP contribution in [-0.2, 0) is 6.61 Å². The Hall–Kier alpha value is -4.55. The first-order valence-corrected chi connectivity index (χ1v) is 14.5. The lowest BCUT2D eigenvalue weighted by Gasteiger charge is -2.27. The number of carbonyl (C=O) groups is 1. The van der Waals surface area contributed by atoms with Crippen LogP contribution in [0.1, 0.15) is 39.9 Å². The molecular formula is C33H25Cl3N2O6. The maximum Gasteiger partial charge on any atom is 0.343 e. The number of carbonyl (C=O) groups excluding carboxylic acids is 1. The molecule has 44 heavy (non-hydrogen) atoms. The summed E-state index contributed by atoms with van der Waals surface area (Å²) in [4.78, 5) is 12.8. The number of ether oxygens (including phenoxy) is 5. The summed E-state index contributed by atoms with van der Waals surface area (Å²) in [5, 5.41) is 11.3. The number of nitrogens with zero attached hydrogens (tertiary/aromatic N) is 1. The summed E-state index contributed by atoms with van der Waals surface area (Å²) in [6, 6.07) is 22.2. The summed E-state index contributed by atoms with van der Waals surface area (Å²) in [5.74, 6) is 0.671. The Morgan fingerprint density at radius 2 is 1.73 bits per heavy atom. The van der Waals surface area contributed by atoms with Gasteiger partial charge in [-0.15, -0.1) is 0 Å². The highest BCUT2D eigenvalue weighted by molar-refractivity contribution is 6.35. The molecule has 2 N–H and O–H groups in total. The minimum atomic E-state index is -0.625. The van der Waals surface area contributed by atoms with E-state index in [2.05, 4.69) is 6.07 Å². The molecule has 11 heteroatoms. The number of nitrogens with two attached hydrogens (primary N) is 1. The van der Waals surface area contributed by atoms with Crippen molar-refractivity contribution >= 4 is 40.8 Å². The lowest BCUT2D eigenvalue weighted by Crippen LogP contribution is -2.21. The zero-order valence-corrected chi connectivity index (χ0v) is 25.8. The second-order valence-corrected chi connectivity index (χ2v) is 10.8. The molecule has 1 aliphatic heterocycles. The molecule has 0 radical (unpaired) electrons. The quantitative estimate of drug-likeness (QED) is 0.143. The van der Waals surface area contributed by atoms with Gasteiger partial charge in [-0.25, -0.2) is 4.79 Å². The van der Waals surface area contributed by atoms with Crippen LogP contribution in [0.3, 0.4) is 0 Å². The highest BCUT2D eigenvalue weighted by atomic mass is 35.5. The van der Waals surface area contributed by atoms with Crippen LogP contribution in [0.15, 0.2) is 84.3 Å². The van der Waals surface area contributed by atoms with Crippen LogP contribution in [0.25, 0.3) is 0 Å². The molecule has 4 aromatic carbocycles. The van der Waals surface area contributed by atoms with Crippen LogP contribution in [0, 0.1) is 11.3 Å². The summed E-state index contributed by atoms with van der Waals surface area (Å²) in [6.07, 6.45) is 0. The summed E-state index contributed by atoms with van der Waals surface area (Å²) >= 11 is 18.5. The number of rotatable bonds is 9. The Morgan fingerprint density at radius 1 is 0.932 bits per heavy atom. The van der Waals surface area contributed by atoms with E-state index in [1.54, 1.807) is 60.7 Å². The average molecular weight is 652 g/mol. The van der Waals surface area contributed by atoms with Gasteiger partial charge < -0.3 is 29.4 Å². The van der Waals surface area contributed by atoms with Crippen molar-refractivity contribution in [3.63, 3.8) is 0 Å². The first-order valence-electron chi connectivity index (χ1n) is 13.3. The van der Waals surface area contributed by atoms with Crippen LogP contribution >= 0.6 is 34.8 Å². The monoisotopic (exact) mass is 650 g/mol. The number of allylic oxidation sites excluding steroid dienone is 1. The topological polar surface area (TPSA) is 113 Å². The predicted octanol–water partition coefficient (Wildman–Crippen LogP) is 8.07. The number of methoxy groups -OCH3 is 1. The molecular weight excluding hydrogens is 627 g/mol. The molecule has 0 aliphatic carbocycles. The smallest absolute Gasteiger partial charge is 0.343 e. The summed E-state index contributed by atoms with van der Waals surface area (Å²) in [5.41, 5.74) is 8.78. The summed E-state index contributed by atoms with van der Waals surface area (Å²) in [6.45, 7) is 2.43. The number of hydrogen-bond donors (Lipinski definition) is 1. The fraction of sp³-hybridized carbons (Fsp3) is 0.152. The molecule has 0 fully saturated rings. The number of fused-ring (bicyclic) bond motifs is 1. The minimum absolute atomic E-state index is 0.0638. The van der Waals surface area contributed by atoms with E-state index >= 15 is 0 Å². The van der Waals surface area contributed by atoms with Crippen molar-refractivity contribution in [1.82, 2.24) is 0 Å². The van der Waals surface area contributed by atoms with E-state index in [0.717, 1.165) is 5.56 Å². The number of esters is 1. The highest BCUT2D eigenvalue weighted by Crippen LogP contribution is 2.45. The fourth-order valence-electron chi connectivity index (χ4n) is 4.69. The van der Waals surface area contributed by atoms with Gasteiger partial charge in [-0.05, 0) is 61.0 Å². The molecule has 1 heterocycles. The van der Waals surface area contributed by atoms with Gasteiger partial charge in [-0.1, -0.05) is 53.0 Å². The fourth-order valence-corrected chi connectivity index (χ4v) is 5.41. The maximum atomic E-state index is 12.8. The van der Waals surface area contributed by atoms with Gasteiger partial charge in [0.1, 0.15) is 35.5 Å². The Bertz CT molecular complexity index is 1820. The van der Waals surface area contributed by atoms with E-state index in [1.165, 1.54) is 13.2 Å². The minimum Gasteiger partial charge on any atom is -0.495 e. The molecule has 8 nitrogen and oxygen atoms in total. The van der Waals surface area contributed by atoms with Crippen LogP contribution in [0.5, 0.6) is 28.7 Å². The van der Waals surface area contributed by atoms with Gasteiger partial charge >= 0.3 is 5.97 Å². The second-order valence-electron chi connectivity index (χ2n) is 9.53. The molecule has 1 unspecified atom stereocenters. The van der Waals surface area contributed by atoms with Crippen molar-refractivity contribution in [2.24, 2.45) is 5.73 Å². The lowest BCUT2D eigenvalue weighted by atomic mass is 9.83. The van der Waals surface area contributed by atoms with Gasteiger partial charge in [0.25, 0.3) is 0 Å². The third-order valence-corrected chi connectivity index (χ3v) is 7.67. The molecule has 0 aromatic heterocycles. The number of benzene rings is 4. The van der Waals surface area contributed by atoms with Crippen LogP contribution in [-0.4, -0.2) is 19.7 Å². The van der Waals surface area contributed by atoms with E-state index in [1.807, 2.05) is 13.0 Å². The Balaban J connectivity index is 1.43. The van der Waals surface area contributed by atoms with E-state index in [-0.39, 0.29) is 34.4 Å². The summed E-state index contributed by atoms with van der Waals surface area (Å²) < 4.78 is 28.5. The standard InChI is InChI=1S/C33H25Cl3N2O6/c1-3-41-30-13-18(5-11-28(30)42-17-20-4-7-21(34)14-25(20)35)31-23-9-8-22(15-29(23)44-32(38)24(31)16-37)43-33(39)19-6-10-27(40-2)26(36)12-19/h4-15,31H,3,17,38H2,1-2H3. The van der Waals surface area contributed by atoms with E-state index in [0.29, 0.717) is 50.8 Å². The third-order valence-electron chi connectivity index (χ3n) is 6.79. The lowest BCUT2D eigenvalue weighted by molar-refractivity contribution is 0.0734. The van der Waals surface area contributed by atoms with Crippen molar-refractivity contribution in [2.45, 2.75) is 19.4 Å². The molecule has 0 saturated heterocycles. The van der Waals surface area contributed by atoms with Crippen molar-refractivity contribution in [3.8, 4) is 34.8 Å². The first kappa shape index (κ1) is 30.9. The highest BCUT2D eigenvalue weighted by Gasteiger charge is 2.32. The molecule has 0 amide bonds. The summed E-state index contributed by atoms with van der Waals surface area (Å²) in [7, 11) is 1.48. The molecule has 0 saturated carbocycles. The van der Waals surface area contributed by atoms with Gasteiger partial charge in [0, 0.05) is 27.2 Å².